The standard InChI is InChI=1S/C19H27N3O3/c1-12(2)11-24-17-8-6-16(7-9-17)14(4)22-19(23)20-10-18-21-13(3)15(5)25-18/h6-9,12,14H,10-11H2,1-5H3,(H2,20,22,23). The highest BCUT2D eigenvalue weighted by molar-refractivity contribution is 5.74. The van der Waals surface area contributed by atoms with E-state index in [0.29, 0.717) is 18.4 Å². The van der Waals surface area contributed by atoms with Crippen molar-refractivity contribution in [3.05, 3.63) is 47.2 Å². The molecule has 0 saturated heterocycles. The molecule has 2 N–H and O–H groups in total. The first kappa shape index (κ1) is 18.8. The van der Waals surface area contributed by atoms with Gasteiger partial charge >= 0.3 is 6.03 Å². The lowest BCUT2D eigenvalue weighted by Gasteiger charge is -2.15. The molecule has 1 heterocycles. The second-order valence-corrected chi connectivity index (χ2v) is 6.57. The minimum atomic E-state index is -0.263. The van der Waals surface area contributed by atoms with E-state index in [1.165, 1.54) is 0 Å². The van der Waals surface area contributed by atoms with Crippen LogP contribution < -0.4 is 15.4 Å². The third-order valence-corrected chi connectivity index (χ3v) is 3.78. The number of nitrogens with zero attached hydrogens (tertiary/aromatic N) is 1. The first-order valence-electron chi connectivity index (χ1n) is 8.55. The Hall–Kier alpha value is -2.50. The van der Waals surface area contributed by atoms with E-state index in [1.54, 1.807) is 0 Å². The Morgan fingerprint density at radius 2 is 1.88 bits per heavy atom. The molecule has 6 heteroatoms. The minimum absolute atomic E-state index is 0.118. The second-order valence-electron chi connectivity index (χ2n) is 6.57. The monoisotopic (exact) mass is 345 g/mol. The predicted molar refractivity (Wildman–Crippen MR) is 96.5 cm³/mol. The molecule has 136 valence electrons. The number of carbonyl (C=O) groups excluding carboxylic acids is 1. The molecule has 1 unspecified atom stereocenters. The van der Waals surface area contributed by atoms with Crippen molar-refractivity contribution in [2.45, 2.75) is 47.2 Å². The molecule has 2 aromatic rings. The Labute approximate surface area is 149 Å². The lowest BCUT2D eigenvalue weighted by Crippen LogP contribution is -2.36. The average molecular weight is 345 g/mol. The first-order valence-corrected chi connectivity index (χ1v) is 8.55. The van der Waals surface area contributed by atoms with Gasteiger partial charge in [0.05, 0.1) is 24.9 Å². The van der Waals surface area contributed by atoms with E-state index >= 15 is 0 Å². The Morgan fingerprint density at radius 1 is 1.20 bits per heavy atom. The summed E-state index contributed by atoms with van der Waals surface area (Å²) in [6.45, 7) is 10.8. The van der Waals surface area contributed by atoms with Crippen molar-refractivity contribution < 1.29 is 13.9 Å². The smallest absolute Gasteiger partial charge is 0.315 e. The van der Waals surface area contributed by atoms with Crippen LogP contribution in [0.4, 0.5) is 4.79 Å². The van der Waals surface area contributed by atoms with E-state index in [9.17, 15) is 4.79 Å². The molecular weight excluding hydrogens is 318 g/mol. The van der Waals surface area contributed by atoms with Crippen LogP contribution in [0.1, 0.15) is 49.7 Å². The molecule has 1 atom stereocenters. The van der Waals surface area contributed by atoms with Gasteiger partial charge in [0.15, 0.2) is 0 Å². The number of rotatable bonds is 7. The molecule has 0 bridgehead atoms. The number of nitrogens with one attached hydrogen (secondary N) is 2. The van der Waals surface area contributed by atoms with Gasteiger partial charge in [-0.1, -0.05) is 26.0 Å². The molecule has 1 aromatic heterocycles. The normalized spacial score (nSPS) is 12.1. The summed E-state index contributed by atoms with van der Waals surface area (Å²) in [5.41, 5.74) is 1.85. The van der Waals surface area contributed by atoms with E-state index in [0.717, 1.165) is 22.8 Å². The topological polar surface area (TPSA) is 76.4 Å². The molecule has 1 aromatic carbocycles. The van der Waals surface area contributed by atoms with Gasteiger partial charge in [0.1, 0.15) is 11.5 Å². The van der Waals surface area contributed by atoms with Crippen LogP contribution in [0.3, 0.4) is 0 Å². The highest BCUT2D eigenvalue weighted by Crippen LogP contribution is 2.18. The van der Waals surface area contributed by atoms with Crippen LogP contribution in [0.2, 0.25) is 0 Å². The van der Waals surface area contributed by atoms with Gasteiger partial charge in [-0.05, 0) is 44.4 Å². The summed E-state index contributed by atoms with van der Waals surface area (Å²) in [4.78, 5) is 16.3. The zero-order valence-electron chi connectivity index (χ0n) is 15.6. The van der Waals surface area contributed by atoms with Crippen LogP contribution in [0.25, 0.3) is 0 Å². The summed E-state index contributed by atoms with van der Waals surface area (Å²) in [7, 11) is 0. The van der Waals surface area contributed by atoms with Crippen molar-refractivity contribution in [2.24, 2.45) is 5.92 Å². The SMILES string of the molecule is Cc1nc(CNC(=O)NC(C)c2ccc(OCC(C)C)cc2)oc1C. The maximum Gasteiger partial charge on any atom is 0.315 e. The van der Waals surface area contributed by atoms with Gasteiger partial charge in [-0.15, -0.1) is 0 Å². The molecule has 0 saturated carbocycles. The van der Waals surface area contributed by atoms with Gasteiger partial charge in [0.25, 0.3) is 0 Å². The number of amides is 2. The highest BCUT2D eigenvalue weighted by atomic mass is 16.5. The second kappa shape index (κ2) is 8.55. The number of hydrogen-bond donors (Lipinski definition) is 2. The van der Waals surface area contributed by atoms with E-state index in [-0.39, 0.29) is 18.6 Å². The zero-order chi connectivity index (χ0) is 18.4. The van der Waals surface area contributed by atoms with Crippen LogP contribution in [0, 0.1) is 19.8 Å². The lowest BCUT2D eigenvalue weighted by atomic mass is 10.1. The average Bonchev–Trinajstić information content (AvgIpc) is 2.89. The summed E-state index contributed by atoms with van der Waals surface area (Å²) >= 11 is 0. The van der Waals surface area contributed by atoms with E-state index in [1.807, 2.05) is 45.0 Å². The third-order valence-electron chi connectivity index (χ3n) is 3.78. The fourth-order valence-electron chi connectivity index (χ4n) is 2.22. The molecule has 0 aliphatic rings. The molecule has 2 rings (SSSR count). The van der Waals surface area contributed by atoms with Crippen molar-refractivity contribution in [3.63, 3.8) is 0 Å². The molecule has 0 spiro atoms. The fourth-order valence-corrected chi connectivity index (χ4v) is 2.22. The van der Waals surface area contributed by atoms with Gasteiger partial charge < -0.3 is 19.8 Å². The molecule has 0 aliphatic carbocycles. The maximum absolute atomic E-state index is 12.0. The van der Waals surface area contributed by atoms with Gasteiger partial charge in [-0.2, -0.15) is 0 Å². The highest BCUT2D eigenvalue weighted by Gasteiger charge is 2.11. The largest absolute Gasteiger partial charge is 0.493 e. The van der Waals surface area contributed by atoms with Crippen LogP contribution in [0.15, 0.2) is 28.7 Å². The van der Waals surface area contributed by atoms with Crippen LogP contribution in [0.5, 0.6) is 5.75 Å². The summed E-state index contributed by atoms with van der Waals surface area (Å²) in [5.74, 6) is 2.60. The Bertz CT molecular complexity index is 673. The van der Waals surface area contributed by atoms with Crippen molar-refractivity contribution in [3.8, 4) is 5.75 Å². The fraction of sp³-hybridized carbons (Fsp3) is 0.474. The quantitative estimate of drug-likeness (QED) is 0.798. The molecular formula is C19H27N3O3. The molecule has 25 heavy (non-hydrogen) atoms. The number of carbonyl (C=O) groups is 1. The lowest BCUT2D eigenvalue weighted by molar-refractivity contribution is 0.236. The number of aromatic nitrogens is 1. The van der Waals surface area contributed by atoms with Crippen molar-refractivity contribution in [2.75, 3.05) is 6.61 Å². The van der Waals surface area contributed by atoms with Crippen molar-refractivity contribution in [1.29, 1.82) is 0 Å². The number of oxazole rings is 1. The van der Waals surface area contributed by atoms with E-state index < -0.39 is 0 Å². The van der Waals surface area contributed by atoms with Gasteiger partial charge in [-0.25, -0.2) is 9.78 Å². The van der Waals surface area contributed by atoms with Crippen LogP contribution in [-0.2, 0) is 6.54 Å². The Kier molecular flexibility index (Phi) is 6.44. The number of benzene rings is 1. The van der Waals surface area contributed by atoms with Gasteiger partial charge in [-0.3, -0.25) is 0 Å². The summed E-state index contributed by atoms with van der Waals surface area (Å²) in [6.07, 6.45) is 0. The van der Waals surface area contributed by atoms with Crippen molar-refractivity contribution in [1.82, 2.24) is 15.6 Å². The summed E-state index contributed by atoms with van der Waals surface area (Å²) < 4.78 is 11.1. The number of hydrogen-bond acceptors (Lipinski definition) is 4. The zero-order valence-corrected chi connectivity index (χ0v) is 15.6. The van der Waals surface area contributed by atoms with Crippen molar-refractivity contribution >= 4 is 6.03 Å². The molecule has 0 fully saturated rings. The molecule has 2 amide bonds. The van der Waals surface area contributed by atoms with Gasteiger partial charge in [0.2, 0.25) is 5.89 Å². The third kappa shape index (κ3) is 5.81. The predicted octanol–water partition coefficient (Wildman–Crippen LogP) is 3.89. The van der Waals surface area contributed by atoms with E-state index in [4.69, 9.17) is 9.15 Å². The number of ether oxygens (including phenoxy) is 1. The van der Waals surface area contributed by atoms with Crippen LogP contribution in [-0.4, -0.2) is 17.6 Å². The maximum atomic E-state index is 12.0. The minimum Gasteiger partial charge on any atom is -0.493 e. The molecule has 0 radical (unpaired) electrons. The van der Waals surface area contributed by atoms with E-state index in [2.05, 4.69) is 29.5 Å². The van der Waals surface area contributed by atoms with Gasteiger partial charge in [0, 0.05) is 0 Å². The summed E-state index contributed by atoms with van der Waals surface area (Å²) in [5, 5.41) is 5.65. The first-order chi connectivity index (χ1) is 11.8. The Balaban J connectivity index is 1.81. The number of urea groups is 1. The summed E-state index contributed by atoms with van der Waals surface area (Å²) in [6, 6.07) is 7.38. The molecule has 6 nitrogen and oxygen atoms in total. The van der Waals surface area contributed by atoms with Crippen LogP contribution >= 0.6 is 0 Å². The molecule has 0 aliphatic heterocycles. The number of aryl methyl sites for hydroxylation is 2. The Morgan fingerprint density at radius 3 is 2.44 bits per heavy atom.